The van der Waals surface area contributed by atoms with Crippen LogP contribution in [0, 0.1) is 5.41 Å². The Kier molecular flexibility index (Phi) is 4.87. The monoisotopic (exact) mass is 333 g/mol. The van der Waals surface area contributed by atoms with Gasteiger partial charge in [-0.05, 0) is 32.1 Å². The Morgan fingerprint density at radius 1 is 0.917 bits per heavy atom. The summed E-state index contributed by atoms with van der Waals surface area (Å²) in [5, 5.41) is 0. The number of imide groups is 1. The summed E-state index contributed by atoms with van der Waals surface area (Å²) in [4.78, 5) is 28.0. The first-order chi connectivity index (χ1) is 11.4. The van der Waals surface area contributed by atoms with Gasteiger partial charge in [-0.25, -0.2) is 14.2 Å². The fraction of sp³-hybridized carbons (Fsp3) is 0.800. The van der Waals surface area contributed by atoms with E-state index in [0.717, 1.165) is 56.3 Å². The Bertz CT molecular complexity index is 558. The molecule has 3 amide bonds. The van der Waals surface area contributed by atoms with Gasteiger partial charge in [0, 0.05) is 18.9 Å². The summed E-state index contributed by atoms with van der Waals surface area (Å²) in [5.74, 6) is 0.0133. The van der Waals surface area contributed by atoms with Crippen LogP contribution in [0.25, 0.3) is 0 Å². The van der Waals surface area contributed by atoms with E-state index < -0.39 is 0 Å². The number of carbonyl (C=O) groups is 2. The third kappa shape index (κ3) is 2.83. The number of urea groups is 1. The number of hydrogen-bond donors (Lipinski definition) is 0. The molecule has 2 aliphatic heterocycles. The molecule has 3 aliphatic rings. The van der Waals surface area contributed by atoms with Gasteiger partial charge in [-0.15, -0.1) is 0 Å². The number of nitrogens with zero attached hydrogens (tertiary/aromatic N) is 2. The van der Waals surface area contributed by atoms with Gasteiger partial charge in [0.2, 0.25) is 0 Å². The minimum Gasteiger partial charge on any atom is -0.269 e. The van der Waals surface area contributed by atoms with Gasteiger partial charge in [0.15, 0.2) is 0 Å². The van der Waals surface area contributed by atoms with Crippen molar-refractivity contribution in [1.82, 2.24) is 4.90 Å². The van der Waals surface area contributed by atoms with Gasteiger partial charge in [-0.1, -0.05) is 39.0 Å². The lowest BCUT2D eigenvalue weighted by Crippen LogP contribution is -2.62. The Hall–Kier alpha value is -1.16. The van der Waals surface area contributed by atoms with E-state index >= 15 is 0 Å². The molecule has 24 heavy (non-hydrogen) atoms. The molecule has 0 aromatic heterocycles. The van der Waals surface area contributed by atoms with E-state index in [2.05, 4.69) is 13.8 Å². The maximum atomic E-state index is 13.3. The van der Waals surface area contributed by atoms with Crippen LogP contribution in [0.3, 0.4) is 0 Å². The maximum absolute atomic E-state index is 13.3. The maximum Gasteiger partial charge on any atom is 0.430 e. The highest BCUT2D eigenvalue weighted by molar-refractivity contribution is 6.05. The molecule has 0 radical (unpaired) electrons. The average molecular weight is 333 g/mol. The lowest BCUT2D eigenvalue weighted by atomic mass is 9.73. The van der Waals surface area contributed by atoms with Crippen LogP contribution >= 0.6 is 0 Å². The summed E-state index contributed by atoms with van der Waals surface area (Å²) in [5.41, 5.74) is 1.92. The lowest BCUT2D eigenvalue weighted by molar-refractivity contribution is -0.796. The Labute approximate surface area is 146 Å². The van der Waals surface area contributed by atoms with Gasteiger partial charge in [0.25, 0.3) is 5.91 Å². The quantitative estimate of drug-likeness (QED) is 0.519. The molecule has 134 valence electrons. The number of rotatable bonds is 1. The fourth-order valence-electron chi connectivity index (χ4n) is 5.00. The third-order valence-corrected chi connectivity index (χ3v) is 6.76. The molecule has 1 atom stereocenters. The normalized spacial score (nSPS) is 32.0. The predicted octanol–water partition coefficient (Wildman–Crippen LogP) is 4.60. The second-order valence-corrected chi connectivity index (χ2v) is 8.50. The lowest BCUT2D eigenvalue weighted by Gasteiger charge is -2.44. The summed E-state index contributed by atoms with van der Waals surface area (Å²) in [7, 11) is 2.03. The molecule has 0 spiro atoms. The first-order valence-corrected chi connectivity index (χ1v) is 9.84. The molecule has 0 N–H and O–H groups in total. The molecule has 1 saturated heterocycles. The molecule has 3 rings (SSSR count). The topological polar surface area (TPSA) is 37.4 Å². The summed E-state index contributed by atoms with van der Waals surface area (Å²) >= 11 is 0. The van der Waals surface area contributed by atoms with E-state index in [1.807, 2.05) is 7.05 Å². The molecule has 0 aromatic rings. The van der Waals surface area contributed by atoms with Crippen LogP contribution in [-0.2, 0) is 4.79 Å². The highest BCUT2D eigenvalue weighted by atomic mass is 16.2. The van der Waals surface area contributed by atoms with Gasteiger partial charge >= 0.3 is 6.03 Å². The van der Waals surface area contributed by atoms with Crippen molar-refractivity contribution in [1.29, 1.82) is 0 Å². The SMILES string of the molecule is CC1=C(C2(C)CCCCCC2)C(=O)N2CCCCCC[N+]1(C)C2=O. The van der Waals surface area contributed by atoms with Crippen LogP contribution in [-0.4, -0.2) is 41.5 Å². The van der Waals surface area contributed by atoms with Crippen LogP contribution < -0.4 is 0 Å². The van der Waals surface area contributed by atoms with E-state index in [1.165, 1.54) is 25.7 Å². The summed E-state index contributed by atoms with van der Waals surface area (Å²) in [6.07, 6.45) is 11.4. The number of carbonyl (C=O) groups excluding carboxylic acids is 2. The van der Waals surface area contributed by atoms with Crippen LogP contribution in [0.1, 0.15) is 78.1 Å². The second-order valence-electron chi connectivity index (χ2n) is 8.50. The molecule has 1 unspecified atom stereocenters. The molecule has 2 bridgehead atoms. The summed E-state index contributed by atoms with van der Waals surface area (Å²) in [6.45, 7) is 5.75. The van der Waals surface area contributed by atoms with Crippen molar-refractivity contribution >= 4 is 11.9 Å². The molecular weight excluding hydrogens is 300 g/mol. The minimum absolute atomic E-state index is 0.000344. The molecule has 2 fully saturated rings. The fourth-order valence-corrected chi connectivity index (χ4v) is 5.00. The van der Waals surface area contributed by atoms with Gasteiger partial charge in [0.1, 0.15) is 5.70 Å². The van der Waals surface area contributed by atoms with E-state index in [4.69, 9.17) is 0 Å². The van der Waals surface area contributed by atoms with E-state index in [-0.39, 0.29) is 17.4 Å². The van der Waals surface area contributed by atoms with Crippen molar-refractivity contribution in [2.75, 3.05) is 20.1 Å². The number of hydrogen-bond acceptors (Lipinski definition) is 2. The van der Waals surface area contributed by atoms with Gasteiger partial charge < -0.3 is 0 Å². The van der Waals surface area contributed by atoms with E-state index in [1.54, 1.807) is 4.90 Å². The van der Waals surface area contributed by atoms with Crippen molar-refractivity contribution in [3.8, 4) is 0 Å². The Balaban J connectivity index is 2.10. The van der Waals surface area contributed by atoms with Crippen molar-refractivity contribution in [3.05, 3.63) is 11.3 Å². The van der Waals surface area contributed by atoms with E-state index in [0.29, 0.717) is 11.0 Å². The molecule has 1 saturated carbocycles. The van der Waals surface area contributed by atoms with Crippen LogP contribution in [0.2, 0.25) is 0 Å². The zero-order valence-electron chi connectivity index (χ0n) is 15.7. The minimum atomic E-state index is -0.0653. The molecule has 1 aliphatic carbocycles. The Morgan fingerprint density at radius 3 is 2.17 bits per heavy atom. The standard InChI is InChI=1S/C20H33N2O2/c1-16-17(20(2)12-8-4-5-9-13-20)18(23)21-14-10-6-7-11-15-22(16,3)19(21)24/h4-15H2,1-3H3/q+1. The largest absolute Gasteiger partial charge is 0.430 e. The second kappa shape index (κ2) is 6.62. The Morgan fingerprint density at radius 2 is 1.50 bits per heavy atom. The molecular formula is C20H33N2O2+. The zero-order valence-corrected chi connectivity index (χ0v) is 15.7. The molecule has 0 aromatic carbocycles. The summed E-state index contributed by atoms with van der Waals surface area (Å²) < 4.78 is 0.316. The highest BCUT2D eigenvalue weighted by Crippen LogP contribution is 2.46. The van der Waals surface area contributed by atoms with Crippen LogP contribution in [0.15, 0.2) is 11.3 Å². The highest BCUT2D eigenvalue weighted by Gasteiger charge is 2.52. The van der Waals surface area contributed by atoms with Crippen molar-refractivity contribution in [3.63, 3.8) is 0 Å². The molecule has 4 nitrogen and oxygen atoms in total. The van der Waals surface area contributed by atoms with Crippen molar-refractivity contribution < 1.29 is 14.1 Å². The molecule has 4 heteroatoms. The number of fused-ring (bicyclic) bond motifs is 2. The summed E-state index contributed by atoms with van der Waals surface area (Å²) in [6, 6.07) is 0.000344. The van der Waals surface area contributed by atoms with Gasteiger partial charge in [0.05, 0.1) is 19.2 Å². The average Bonchev–Trinajstić information content (AvgIpc) is 2.73. The number of allylic oxidation sites excluding steroid dienone is 1. The van der Waals surface area contributed by atoms with Gasteiger partial charge in [-0.3, -0.25) is 4.79 Å². The van der Waals surface area contributed by atoms with Crippen molar-refractivity contribution in [2.45, 2.75) is 78.1 Å². The van der Waals surface area contributed by atoms with Crippen LogP contribution in [0.5, 0.6) is 0 Å². The van der Waals surface area contributed by atoms with Crippen molar-refractivity contribution in [2.24, 2.45) is 5.41 Å². The van der Waals surface area contributed by atoms with Crippen LogP contribution in [0.4, 0.5) is 4.79 Å². The first kappa shape index (κ1) is 17.7. The third-order valence-electron chi connectivity index (χ3n) is 6.76. The smallest absolute Gasteiger partial charge is 0.269 e. The molecule has 2 heterocycles. The number of amides is 3. The van der Waals surface area contributed by atoms with E-state index in [9.17, 15) is 9.59 Å². The number of quaternary nitrogens is 1. The predicted molar refractivity (Wildman–Crippen MR) is 95.1 cm³/mol. The first-order valence-electron chi connectivity index (χ1n) is 9.84. The van der Waals surface area contributed by atoms with Gasteiger partial charge in [-0.2, -0.15) is 0 Å². The zero-order chi connectivity index (χ0) is 17.4.